The number of carbonyl (C=O) groups excluding carboxylic acids is 1. The molecule has 2 fully saturated rings. The molecule has 2 N–H and O–H groups in total. The van der Waals surface area contributed by atoms with Gasteiger partial charge in [-0.25, -0.2) is 9.97 Å². The molecule has 0 saturated heterocycles. The SMILES string of the molecule is Cc1c(-c2cc(C(=O)NCC(C)(C)O)c(C)n2CC2CCCCC2)nc(C2(C)CC2)nc1C(C)(C)C. The van der Waals surface area contributed by atoms with Gasteiger partial charge in [-0.3, -0.25) is 4.79 Å². The normalized spacial score (nSPS) is 18.4. The Morgan fingerprint density at radius 1 is 1.11 bits per heavy atom. The van der Waals surface area contributed by atoms with Crippen molar-refractivity contribution in [2.45, 2.75) is 123 Å². The van der Waals surface area contributed by atoms with E-state index in [0.717, 1.165) is 53.5 Å². The number of aliphatic hydroxyl groups is 1. The van der Waals surface area contributed by atoms with Gasteiger partial charge in [-0.05, 0) is 70.9 Å². The van der Waals surface area contributed by atoms with Crippen LogP contribution >= 0.6 is 0 Å². The van der Waals surface area contributed by atoms with Crippen molar-refractivity contribution < 1.29 is 9.90 Å². The van der Waals surface area contributed by atoms with Crippen molar-refractivity contribution in [2.24, 2.45) is 5.92 Å². The Bertz CT molecular complexity index is 1120. The zero-order valence-corrected chi connectivity index (χ0v) is 23.7. The van der Waals surface area contributed by atoms with Crippen LogP contribution in [0.25, 0.3) is 11.4 Å². The van der Waals surface area contributed by atoms with Gasteiger partial charge in [0, 0.05) is 29.6 Å². The Kier molecular flexibility index (Phi) is 7.15. The molecule has 0 aliphatic heterocycles. The number of amides is 1. The van der Waals surface area contributed by atoms with Crippen molar-refractivity contribution in [3.63, 3.8) is 0 Å². The largest absolute Gasteiger partial charge is 0.389 e. The first-order valence-corrected chi connectivity index (χ1v) is 13.8. The second-order valence-electron chi connectivity index (χ2n) is 13.3. The molecule has 2 aliphatic rings. The third-order valence-electron chi connectivity index (χ3n) is 8.10. The van der Waals surface area contributed by atoms with Crippen molar-refractivity contribution in [1.29, 1.82) is 0 Å². The smallest absolute Gasteiger partial charge is 0.253 e. The molecule has 198 valence electrons. The number of rotatable bonds is 7. The summed E-state index contributed by atoms with van der Waals surface area (Å²) in [6, 6.07) is 2.03. The lowest BCUT2D eigenvalue weighted by atomic mass is 9.87. The highest BCUT2D eigenvalue weighted by Gasteiger charge is 2.43. The molecule has 0 unspecified atom stereocenters. The summed E-state index contributed by atoms with van der Waals surface area (Å²) in [5.74, 6) is 1.40. The van der Waals surface area contributed by atoms with Crippen molar-refractivity contribution in [1.82, 2.24) is 19.9 Å². The lowest BCUT2D eigenvalue weighted by Crippen LogP contribution is -2.38. The van der Waals surface area contributed by atoms with E-state index in [2.05, 4.69) is 51.4 Å². The van der Waals surface area contributed by atoms with E-state index in [-0.39, 0.29) is 23.3 Å². The van der Waals surface area contributed by atoms with Crippen LogP contribution in [0.15, 0.2) is 6.07 Å². The molecule has 36 heavy (non-hydrogen) atoms. The van der Waals surface area contributed by atoms with Gasteiger partial charge in [-0.15, -0.1) is 0 Å². The average Bonchev–Trinajstić information content (AvgIpc) is 3.47. The average molecular weight is 495 g/mol. The molecule has 0 radical (unpaired) electrons. The molecule has 4 rings (SSSR count). The first-order chi connectivity index (χ1) is 16.7. The third kappa shape index (κ3) is 5.69. The number of hydrogen-bond acceptors (Lipinski definition) is 4. The molecule has 2 saturated carbocycles. The maximum absolute atomic E-state index is 13.3. The van der Waals surface area contributed by atoms with Gasteiger partial charge in [-0.1, -0.05) is 47.0 Å². The minimum absolute atomic E-state index is 0.0468. The van der Waals surface area contributed by atoms with E-state index in [1.807, 2.05) is 6.07 Å². The summed E-state index contributed by atoms with van der Waals surface area (Å²) in [6.45, 7) is 17.6. The highest BCUT2D eigenvalue weighted by Crippen LogP contribution is 2.47. The number of aromatic nitrogens is 3. The van der Waals surface area contributed by atoms with Crippen LogP contribution in [0, 0.1) is 19.8 Å². The van der Waals surface area contributed by atoms with E-state index in [0.29, 0.717) is 11.5 Å². The van der Waals surface area contributed by atoms with Gasteiger partial charge in [0.1, 0.15) is 5.82 Å². The number of nitrogens with zero attached hydrogens (tertiary/aromatic N) is 3. The minimum atomic E-state index is -0.962. The Hall–Kier alpha value is -2.21. The van der Waals surface area contributed by atoms with Crippen molar-refractivity contribution in [2.75, 3.05) is 6.54 Å². The molecule has 2 aliphatic carbocycles. The fourth-order valence-electron chi connectivity index (χ4n) is 5.50. The monoisotopic (exact) mass is 494 g/mol. The number of carbonyl (C=O) groups is 1. The molecule has 0 spiro atoms. The Labute approximate surface area is 217 Å². The Morgan fingerprint density at radius 3 is 2.31 bits per heavy atom. The zero-order valence-electron chi connectivity index (χ0n) is 23.7. The molecule has 6 nitrogen and oxygen atoms in total. The van der Waals surface area contributed by atoms with Crippen molar-refractivity contribution in [3.05, 3.63) is 34.4 Å². The van der Waals surface area contributed by atoms with Gasteiger partial charge in [0.25, 0.3) is 5.91 Å². The summed E-state index contributed by atoms with van der Waals surface area (Å²) >= 11 is 0. The maximum atomic E-state index is 13.3. The van der Waals surface area contributed by atoms with E-state index in [1.165, 1.54) is 32.1 Å². The molecule has 2 aromatic heterocycles. The minimum Gasteiger partial charge on any atom is -0.389 e. The molecule has 0 aromatic carbocycles. The Balaban J connectivity index is 1.85. The predicted octanol–water partition coefficient (Wildman–Crippen LogP) is 5.99. The number of hydrogen-bond donors (Lipinski definition) is 2. The molecule has 0 bridgehead atoms. The van der Waals surface area contributed by atoms with Gasteiger partial charge in [0.2, 0.25) is 0 Å². The summed E-state index contributed by atoms with van der Waals surface area (Å²) in [5, 5.41) is 13.1. The van der Waals surface area contributed by atoms with E-state index >= 15 is 0 Å². The molecule has 2 heterocycles. The fourth-order valence-corrected chi connectivity index (χ4v) is 5.50. The van der Waals surface area contributed by atoms with Crippen LogP contribution in [0.2, 0.25) is 0 Å². The molecule has 0 atom stereocenters. The highest BCUT2D eigenvalue weighted by atomic mass is 16.3. The lowest BCUT2D eigenvalue weighted by Gasteiger charge is -2.26. The second kappa shape index (κ2) is 9.59. The topological polar surface area (TPSA) is 80.0 Å². The van der Waals surface area contributed by atoms with Gasteiger partial charge in [-0.2, -0.15) is 0 Å². The lowest BCUT2D eigenvalue weighted by molar-refractivity contribution is 0.0694. The van der Waals surface area contributed by atoms with Crippen LogP contribution in [-0.4, -0.2) is 37.7 Å². The summed E-state index contributed by atoms with van der Waals surface area (Å²) in [6.07, 6.45) is 8.58. The first kappa shape index (κ1) is 26.8. The first-order valence-electron chi connectivity index (χ1n) is 13.8. The van der Waals surface area contributed by atoms with Crippen LogP contribution in [0.4, 0.5) is 0 Å². The number of nitrogens with one attached hydrogen (secondary N) is 1. The van der Waals surface area contributed by atoms with Crippen LogP contribution < -0.4 is 5.32 Å². The summed E-state index contributed by atoms with van der Waals surface area (Å²) in [5.41, 5.74) is 4.78. The van der Waals surface area contributed by atoms with Crippen molar-refractivity contribution in [3.8, 4) is 11.4 Å². The van der Waals surface area contributed by atoms with Crippen molar-refractivity contribution >= 4 is 5.91 Å². The van der Waals surface area contributed by atoms with Crippen LogP contribution in [0.3, 0.4) is 0 Å². The Morgan fingerprint density at radius 2 is 1.75 bits per heavy atom. The van der Waals surface area contributed by atoms with Crippen LogP contribution in [0.5, 0.6) is 0 Å². The van der Waals surface area contributed by atoms with Gasteiger partial charge in [0.15, 0.2) is 0 Å². The summed E-state index contributed by atoms with van der Waals surface area (Å²) in [4.78, 5) is 23.6. The molecule has 6 heteroatoms. The third-order valence-corrected chi connectivity index (χ3v) is 8.10. The van der Waals surface area contributed by atoms with E-state index < -0.39 is 5.60 Å². The van der Waals surface area contributed by atoms with Gasteiger partial charge >= 0.3 is 0 Å². The van der Waals surface area contributed by atoms with Gasteiger partial charge in [0.05, 0.1) is 28.2 Å². The second-order valence-corrected chi connectivity index (χ2v) is 13.3. The highest BCUT2D eigenvalue weighted by molar-refractivity contribution is 5.97. The predicted molar refractivity (Wildman–Crippen MR) is 145 cm³/mol. The summed E-state index contributed by atoms with van der Waals surface area (Å²) < 4.78 is 2.34. The quantitative estimate of drug-likeness (QED) is 0.495. The zero-order chi connectivity index (χ0) is 26.5. The van der Waals surface area contributed by atoms with Crippen LogP contribution in [-0.2, 0) is 17.4 Å². The van der Waals surface area contributed by atoms with E-state index in [4.69, 9.17) is 9.97 Å². The molecular weight excluding hydrogens is 448 g/mol. The molecule has 1 amide bonds. The molecular formula is C30H46N4O2. The van der Waals surface area contributed by atoms with Crippen LogP contribution in [0.1, 0.15) is 120 Å². The standard InChI is InChI=1S/C30H46N4O2/c1-19-24(32-27(30(8)14-15-30)33-25(19)28(3,4)5)23-16-22(26(35)31-18-29(6,7)36)20(2)34(23)17-21-12-10-9-11-13-21/h16,21,36H,9-15,17-18H2,1-8H3,(H,31,35). The van der Waals surface area contributed by atoms with E-state index in [1.54, 1.807) is 13.8 Å². The van der Waals surface area contributed by atoms with Gasteiger partial charge < -0.3 is 15.0 Å². The molecule has 2 aromatic rings. The fraction of sp³-hybridized carbons (Fsp3) is 0.700. The maximum Gasteiger partial charge on any atom is 0.253 e. The summed E-state index contributed by atoms with van der Waals surface area (Å²) in [7, 11) is 0. The van der Waals surface area contributed by atoms with E-state index in [9.17, 15) is 9.90 Å².